The zero-order valence-electron chi connectivity index (χ0n) is 14.1. The van der Waals surface area contributed by atoms with Crippen LogP contribution in [0.5, 0.6) is 0 Å². The van der Waals surface area contributed by atoms with Gasteiger partial charge in [0.05, 0.1) is 0 Å². The fourth-order valence-electron chi connectivity index (χ4n) is 2.83. The van der Waals surface area contributed by atoms with Crippen LogP contribution in [0, 0.1) is 5.92 Å². The van der Waals surface area contributed by atoms with Crippen LogP contribution in [0.15, 0.2) is 36.5 Å². The van der Waals surface area contributed by atoms with Crippen LogP contribution in [0.3, 0.4) is 0 Å². The number of rotatable bonds is 4. The molecule has 1 aromatic carbocycles. The smallest absolute Gasteiger partial charge is 0.229 e. The molecule has 2 N–H and O–H groups in total. The van der Waals surface area contributed by atoms with Crippen molar-refractivity contribution in [1.29, 1.82) is 0 Å². The topological polar surface area (TPSA) is 70.2 Å². The molecule has 1 aliphatic heterocycles. The maximum atomic E-state index is 11.2. The Labute approximate surface area is 142 Å². The third-order valence-electron chi connectivity index (χ3n) is 4.19. The Balaban J connectivity index is 1.71. The summed E-state index contributed by atoms with van der Waals surface area (Å²) in [6.45, 7) is 5.86. The molecule has 1 aromatic heterocycles. The largest absolute Gasteiger partial charge is 0.356 e. The Kier molecular flexibility index (Phi) is 4.93. The van der Waals surface area contributed by atoms with Gasteiger partial charge in [0.1, 0.15) is 5.82 Å². The van der Waals surface area contributed by atoms with Crippen LogP contribution in [-0.2, 0) is 4.79 Å². The van der Waals surface area contributed by atoms with Crippen molar-refractivity contribution in [2.75, 3.05) is 28.6 Å². The standard InChI is InChI=1S/C18H23N5O/c1-13-7-10-23(11-8-13)17-6-9-19-18(22-17)21-16-5-3-4-15(12-16)20-14(2)24/h3-6,9,12-13H,7-8,10-11H2,1-2H3,(H,20,24)(H,19,21,22). The van der Waals surface area contributed by atoms with Crippen LogP contribution in [0.4, 0.5) is 23.1 Å². The van der Waals surface area contributed by atoms with Gasteiger partial charge in [-0.15, -0.1) is 0 Å². The Bertz CT molecular complexity index is 710. The number of benzene rings is 1. The lowest BCUT2D eigenvalue weighted by Gasteiger charge is -2.31. The van der Waals surface area contributed by atoms with Gasteiger partial charge in [0, 0.05) is 37.6 Å². The first-order valence-electron chi connectivity index (χ1n) is 8.33. The fourth-order valence-corrected chi connectivity index (χ4v) is 2.83. The molecule has 1 fully saturated rings. The molecule has 1 amide bonds. The van der Waals surface area contributed by atoms with Gasteiger partial charge in [-0.25, -0.2) is 4.98 Å². The number of nitrogens with zero attached hydrogens (tertiary/aromatic N) is 3. The number of anilines is 4. The summed E-state index contributed by atoms with van der Waals surface area (Å²) in [6, 6.07) is 9.46. The molecule has 24 heavy (non-hydrogen) atoms. The van der Waals surface area contributed by atoms with E-state index in [0.29, 0.717) is 5.95 Å². The third-order valence-corrected chi connectivity index (χ3v) is 4.19. The fraction of sp³-hybridized carbons (Fsp3) is 0.389. The summed E-state index contributed by atoms with van der Waals surface area (Å²) in [4.78, 5) is 22.4. The van der Waals surface area contributed by atoms with E-state index in [4.69, 9.17) is 0 Å². The van der Waals surface area contributed by atoms with Gasteiger partial charge in [0.15, 0.2) is 0 Å². The van der Waals surface area contributed by atoms with Crippen molar-refractivity contribution in [2.24, 2.45) is 5.92 Å². The van der Waals surface area contributed by atoms with E-state index in [1.807, 2.05) is 30.3 Å². The second-order valence-corrected chi connectivity index (χ2v) is 6.30. The van der Waals surface area contributed by atoms with E-state index < -0.39 is 0 Å². The Morgan fingerprint density at radius 1 is 1.21 bits per heavy atom. The number of hydrogen-bond acceptors (Lipinski definition) is 5. The molecule has 126 valence electrons. The van der Waals surface area contributed by atoms with E-state index in [2.05, 4.69) is 32.4 Å². The normalized spacial score (nSPS) is 15.2. The molecule has 2 aromatic rings. The number of carbonyl (C=O) groups is 1. The predicted octanol–water partition coefficient (Wildman–Crippen LogP) is 3.41. The van der Waals surface area contributed by atoms with Gasteiger partial charge >= 0.3 is 0 Å². The summed E-state index contributed by atoms with van der Waals surface area (Å²) in [5.41, 5.74) is 1.58. The Morgan fingerprint density at radius 2 is 1.96 bits per heavy atom. The van der Waals surface area contributed by atoms with Crippen LogP contribution < -0.4 is 15.5 Å². The number of piperidine rings is 1. The predicted molar refractivity (Wildman–Crippen MR) is 96.7 cm³/mol. The second kappa shape index (κ2) is 7.29. The van der Waals surface area contributed by atoms with Crippen molar-refractivity contribution in [2.45, 2.75) is 26.7 Å². The minimum Gasteiger partial charge on any atom is -0.356 e. The molecule has 0 atom stereocenters. The van der Waals surface area contributed by atoms with Gasteiger partial charge < -0.3 is 15.5 Å². The van der Waals surface area contributed by atoms with Crippen LogP contribution in [0.1, 0.15) is 26.7 Å². The first-order chi connectivity index (χ1) is 11.6. The van der Waals surface area contributed by atoms with Gasteiger partial charge in [-0.05, 0) is 43.0 Å². The van der Waals surface area contributed by atoms with Crippen LogP contribution in [-0.4, -0.2) is 29.0 Å². The number of aromatic nitrogens is 2. The van der Waals surface area contributed by atoms with Crippen LogP contribution >= 0.6 is 0 Å². The summed E-state index contributed by atoms with van der Waals surface area (Å²) in [5, 5.41) is 5.98. The molecule has 0 unspecified atom stereocenters. The maximum absolute atomic E-state index is 11.2. The summed E-state index contributed by atoms with van der Waals surface area (Å²) >= 11 is 0. The number of carbonyl (C=O) groups excluding carboxylic acids is 1. The highest BCUT2D eigenvalue weighted by Crippen LogP contribution is 2.23. The third kappa shape index (κ3) is 4.22. The molecule has 1 saturated heterocycles. The minimum atomic E-state index is -0.0928. The molecule has 0 saturated carbocycles. The van der Waals surface area contributed by atoms with Gasteiger partial charge in [-0.3, -0.25) is 4.79 Å². The van der Waals surface area contributed by atoms with Crippen LogP contribution in [0.25, 0.3) is 0 Å². The lowest BCUT2D eigenvalue weighted by Crippen LogP contribution is -2.33. The summed E-state index contributed by atoms with van der Waals surface area (Å²) < 4.78 is 0. The van der Waals surface area contributed by atoms with E-state index in [1.165, 1.54) is 19.8 Å². The second-order valence-electron chi connectivity index (χ2n) is 6.30. The van der Waals surface area contributed by atoms with E-state index in [-0.39, 0.29) is 5.91 Å². The van der Waals surface area contributed by atoms with Gasteiger partial charge in [0.25, 0.3) is 0 Å². The highest BCUT2D eigenvalue weighted by atomic mass is 16.1. The van der Waals surface area contributed by atoms with E-state index in [1.54, 1.807) is 6.20 Å². The lowest BCUT2D eigenvalue weighted by atomic mass is 9.99. The molecule has 0 radical (unpaired) electrons. The summed E-state index contributed by atoms with van der Waals surface area (Å²) in [7, 11) is 0. The van der Waals surface area contributed by atoms with E-state index in [9.17, 15) is 4.79 Å². The van der Waals surface area contributed by atoms with E-state index in [0.717, 1.165) is 36.2 Å². The van der Waals surface area contributed by atoms with Crippen LogP contribution in [0.2, 0.25) is 0 Å². The van der Waals surface area contributed by atoms with Crippen molar-refractivity contribution in [1.82, 2.24) is 9.97 Å². The highest BCUT2D eigenvalue weighted by molar-refractivity contribution is 5.89. The average molecular weight is 325 g/mol. The molecule has 2 heterocycles. The minimum absolute atomic E-state index is 0.0928. The van der Waals surface area contributed by atoms with Crippen molar-refractivity contribution in [3.8, 4) is 0 Å². The molecule has 6 heteroatoms. The molecule has 0 spiro atoms. The molecule has 1 aliphatic rings. The average Bonchev–Trinajstić information content (AvgIpc) is 2.55. The van der Waals surface area contributed by atoms with Crippen molar-refractivity contribution < 1.29 is 4.79 Å². The van der Waals surface area contributed by atoms with Gasteiger partial charge in [0.2, 0.25) is 11.9 Å². The van der Waals surface area contributed by atoms with Gasteiger partial charge in [-0.2, -0.15) is 4.98 Å². The number of nitrogens with one attached hydrogen (secondary N) is 2. The van der Waals surface area contributed by atoms with Gasteiger partial charge in [-0.1, -0.05) is 13.0 Å². The van der Waals surface area contributed by atoms with E-state index >= 15 is 0 Å². The molecule has 3 rings (SSSR count). The molecule has 0 aliphatic carbocycles. The number of amides is 1. The molecular weight excluding hydrogens is 302 g/mol. The van der Waals surface area contributed by atoms with Crippen molar-refractivity contribution in [3.05, 3.63) is 36.5 Å². The van der Waals surface area contributed by atoms with Crippen molar-refractivity contribution >= 4 is 29.0 Å². The summed E-state index contributed by atoms with van der Waals surface area (Å²) in [6.07, 6.45) is 4.18. The first kappa shape index (κ1) is 16.2. The van der Waals surface area contributed by atoms with Crippen molar-refractivity contribution in [3.63, 3.8) is 0 Å². The number of hydrogen-bond donors (Lipinski definition) is 2. The maximum Gasteiger partial charge on any atom is 0.229 e. The zero-order valence-corrected chi connectivity index (χ0v) is 14.1. The highest BCUT2D eigenvalue weighted by Gasteiger charge is 2.17. The molecule has 0 bridgehead atoms. The lowest BCUT2D eigenvalue weighted by molar-refractivity contribution is -0.114. The molecular formula is C18H23N5O. The first-order valence-corrected chi connectivity index (χ1v) is 8.33. The zero-order chi connectivity index (χ0) is 16.9. The summed E-state index contributed by atoms with van der Waals surface area (Å²) in [5.74, 6) is 2.21. The SMILES string of the molecule is CC(=O)Nc1cccc(Nc2nccc(N3CCC(C)CC3)n2)c1. The monoisotopic (exact) mass is 325 g/mol. The quantitative estimate of drug-likeness (QED) is 0.901. The molecule has 6 nitrogen and oxygen atoms in total. The Hall–Kier alpha value is -2.63. The Morgan fingerprint density at radius 3 is 2.71 bits per heavy atom.